The van der Waals surface area contributed by atoms with Crippen LogP contribution in [0.4, 0.5) is 13.2 Å². The molecule has 0 aliphatic carbocycles. The van der Waals surface area contributed by atoms with Gasteiger partial charge in [-0.3, -0.25) is 0 Å². The molecule has 112 valence electrons. The van der Waals surface area contributed by atoms with Crippen LogP contribution in [0, 0.1) is 24.4 Å². The van der Waals surface area contributed by atoms with Gasteiger partial charge in [0.25, 0.3) is 0 Å². The Balaban J connectivity index is 2.41. The van der Waals surface area contributed by atoms with Gasteiger partial charge in [0, 0.05) is 0 Å². The van der Waals surface area contributed by atoms with E-state index in [4.69, 9.17) is 0 Å². The zero-order chi connectivity index (χ0) is 15.4. The Kier molecular flexibility index (Phi) is 5.02. The Labute approximate surface area is 122 Å². The SMILES string of the molecule is CCCNC(c1ccc(F)c(C)c1)c1ccc(F)c(F)c1. The van der Waals surface area contributed by atoms with Gasteiger partial charge in [0.05, 0.1) is 6.04 Å². The molecule has 0 aliphatic heterocycles. The first-order valence-corrected chi connectivity index (χ1v) is 6.97. The highest BCUT2D eigenvalue weighted by Crippen LogP contribution is 2.25. The second-order valence-electron chi connectivity index (χ2n) is 5.07. The molecule has 0 aromatic heterocycles. The lowest BCUT2D eigenvalue weighted by Crippen LogP contribution is -2.23. The van der Waals surface area contributed by atoms with Gasteiger partial charge in [-0.1, -0.05) is 25.1 Å². The second-order valence-corrected chi connectivity index (χ2v) is 5.07. The lowest BCUT2D eigenvalue weighted by Gasteiger charge is -2.20. The minimum Gasteiger partial charge on any atom is -0.306 e. The van der Waals surface area contributed by atoms with Gasteiger partial charge in [-0.2, -0.15) is 0 Å². The van der Waals surface area contributed by atoms with Crippen molar-refractivity contribution in [2.24, 2.45) is 0 Å². The van der Waals surface area contributed by atoms with Crippen LogP contribution in [0.15, 0.2) is 36.4 Å². The van der Waals surface area contributed by atoms with Crippen molar-refractivity contribution < 1.29 is 13.2 Å². The quantitative estimate of drug-likeness (QED) is 0.855. The number of hydrogen-bond donors (Lipinski definition) is 1. The van der Waals surface area contributed by atoms with E-state index in [9.17, 15) is 13.2 Å². The number of nitrogens with one attached hydrogen (secondary N) is 1. The Morgan fingerprint density at radius 2 is 1.52 bits per heavy atom. The molecule has 1 unspecified atom stereocenters. The van der Waals surface area contributed by atoms with Gasteiger partial charge in [0.1, 0.15) is 5.82 Å². The summed E-state index contributed by atoms with van der Waals surface area (Å²) in [4.78, 5) is 0. The molecular formula is C17H18F3N. The molecule has 0 fully saturated rings. The van der Waals surface area contributed by atoms with Crippen molar-refractivity contribution in [3.8, 4) is 0 Å². The first-order valence-electron chi connectivity index (χ1n) is 6.97. The fourth-order valence-electron chi connectivity index (χ4n) is 2.26. The Bertz CT molecular complexity index is 574. The van der Waals surface area contributed by atoms with Crippen molar-refractivity contribution in [1.29, 1.82) is 0 Å². The topological polar surface area (TPSA) is 12.0 Å². The Hall–Kier alpha value is -1.81. The standard InChI is InChI=1S/C17H18F3N/c1-3-8-21-17(12-4-6-14(18)11(2)9-12)13-5-7-15(19)16(20)10-13/h4-7,9-10,17,21H,3,8H2,1-2H3. The highest BCUT2D eigenvalue weighted by atomic mass is 19.2. The van der Waals surface area contributed by atoms with E-state index < -0.39 is 11.6 Å². The van der Waals surface area contributed by atoms with E-state index in [1.807, 2.05) is 6.92 Å². The highest BCUT2D eigenvalue weighted by molar-refractivity contribution is 5.35. The summed E-state index contributed by atoms with van der Waals surface area (Å²) in [6, 6.07) is 8.33. The predicted molar refractivity (Wildman–Crippen MR) is 77.6 cm³/mol. The van der Waals surface area contributed by atoms with Crippen LogP contribution in [-0.4, -0.2) is 6.54 Å². The van der Waals surface area contributed by atoms with Crippen LogP contribution in [0.5, 0.6) is 0 Å². The van der Waals surface area contributed by atoms with E-state index in [1.165, 1.54) is 12.1 Å². The van der Waals surface area contributed by atoms with Crippen molar-refractivity contribution >= 4 is 0 Å². The minimum atomic E-state index is -0.880. The number of hydrogen-bond acceptors (Lipinski definition) is 1. The number of benzene rings is 2. The van der Waals surface area contributed by atoms with Crippen molar-refractivity contribution in [2.75, 3.05) is 6.54 Å². The van der Waals surface area contributed by atoms with Gasteiger partial charge >= 0.3 is 0 Å². The van der Waals surface area contributed by atoms with Crippen LogP contribution in [-0.2, 0) is 0 Å². The summed E-state index contributed by atoms with van der Waals surface area (Å²) in [5.74, 6) is -2.03. The molecule has 0 saturated carbocycles. The van der Waals surface area contributed by atoms with Gasteiger partial charge in [0.15, 0.2) is 11.6 Å². The molecule has 4 heteroatoms. The average molecular weight is 293 g/mol. The third-order valence-corrected chi connectivity index (χ3v) is 3.39. The lowest BCUT2D eigenvalue weighted by molar-refractivity contribution is 0.503. The van der Waals surface area contributed by atoms with Crippen LogP contribution < -0.4 is 5.32 Å². The van der Waals surface area contributed by atoms with Gasteiger partial charge in [-0.15, -0.1) is 0 Å². The smallest absolute Gasteiger partial charge is 0.159 e. The van der Waals surface area contributed by atoms with Crippen LogP contribution in [0.3, 0.4) is 0 Å². The summed E-state index contributed by atoms with van der Waals surface area (Å²) >= 11 is 0. The molecular weight excluding hydrogens is 275 g/mol. The molecule has 2 aromatic carbocycles. The second kappa shape index (κ2) is 6.76. The maximum atomic E-state index is 13.5. The molecule has 21 heavy (non-hydrogen) atoms. The van der Waals surface area contributed by atoms with Gasteiger partial charge < -0.3 is 5.32 Å². The molecule has 1 atom stereocenters. The molecule has 2 aromatic rings. The molecule has 0 radical (unpaired) electrons. The fraction of sp³-hybridized carbons (Fsp3) is 0.294. The van der Waals surface area contributed by atoms with Crippen molar-refractivity contribution in [3.63, 3.8) is 0 Å². The predicted octanol–water partition coefficient (Wildman–Crippen LogP) is 4.50. The van der Waals surface area contributed by atoms with E-state index in [-0.39, 0.29) is 11.9 Å². The molecule has 2 rings (SSSR count). The fourth-order valence-corrected chi connectivity index (χ4v) is 2.26. The highest BCUT2D eigenvalue weighted by Gasteiger charge is 2.16. The molecule has 1 nitrogen and oxygen atoms in total. The lowest BCUT2D eigenvalue weighted by atomic mass is 9.97. The molecule has 0 heterocycles. The molecule has 1 N–H and O–H groups in total. The molecule has 0 saturated heterocycles. The minimum absolute atomic E-state index is 0.279. The first kappa shape index (κ1) is 15.6. The zero-order valence-corrected chi connectivity index (χ0v) is 12.1. The third-order valence-electron chi connectivity index (χ3n) is 3.39. The number of aryl methyl sites for hydroxylation is 1. The summed E-state index contributed by atoms with van der Waals surface area (Å²) in [7, 11) is 0. The van der Waals surface area contributed by atoms with Crippen LogP contribution in [0.25, 0.3) is 0 Å². The van der Waals surface area contributed by atoms with Crippen molar-refractivity contribution in [2.45, 2.75) is 26.3 Å². The van der Waals surface area contributed by atoms with Gasteiger partial charge in [-0.05, 0) is 54.8 Å². The maximum absolute atomic E-state index is 13.5. The van der Waals surface area contributed by atoms with Crippen LogP contribution in [0.2, 0.25) is 0 Å². The molecule has 0 spiro atoms. The summed E-state index contributed by atoms with van der Waals surface area (Å²) in [5, 5.41) is 3.28. The Morgan fingerprint density at radius 3 is 2.10 bits per heavy atom. The summed E-state index contributed by atoms with van der Waals surface area (Å²) in [6.07, 6.45) is 0.903. The molecule has 0 aliphatic rings. The molecule has 0 bridgehead atoms. The normalized spacial score (nSPS) is 12.4. The van der Waals surface area contributed by atoms with E-state index in [0.29, 0.717) is 11.1 Å². The number of halogens is 3. The largest absolute Gasteiger partial charge is 0.306 e. The maximum Gasteiger partial charge on any atom is 0.159 e. The summed E-state index contributed by atoms with van der Waals surface area (Å²) in [6.45, 7) is 4.42. The summed E-state index contributed by atoms with van der Waals surface area (Å²) in [5.41, 5.74) is 1.97. The van der Waals surface area contributed by atoms with Crippen LogP contribution in [0.1, 0.15) is 36.1 Å². The van der Waals surface area contributed by atoms with Crippen molar-refractivity contribution in [3.05, 3.63) is 70.5 Å². The van der Waals surface area contributed by atoms with Gasteiger partial charge in [-0.25, -0.2) is 13.2 Å². The Morgan fingerprint density at radius 1 is 0.905 bits per heavy atom. The van der Waals surface area contributed by atoms with Crippen LogP contribution >= 0.6 is 0 Å². The van der Waals surface area contributed by atoms with Crippen molar-refractivity contribution in [1.82, 2.24) is 5.32 Å². The van der Waals surface area contributed by atoms with E-state index >= 15 is 0 Å². The summed E-state index contributed by atoms with van der Waals surface area (Å²) < 4.78 is 40.0. The van der Waals surface area contributed by atoms with E-state index in [2.05, 4.69) is 5.32 Å². The third kappa shape index (κ3) is 3.64. The number of rotatable bonds is 5. The monoisotopic (exact) mass is 293 g/mol. The molecule has 0 amide bonds. The van der Waals surface area contributed by atoms with Gasteiger partial charge in [0.2, 0.25) is 0 Å². The van der Waals surface area contributed by atoms with E-state index in [0.717, 1.165) is 24.6 Å². The van der Waals surface area contributed by atoms with E-state index in [1.54, 1.807) is 25.1 Å². The first-order chi connectivity index (χ1) is 10.0. The average Bonchev–Trinajstić information content (AvgIpc) is 2.46. The zero-order valence-electron chi connectivity index (χ0n) is 12.1.